The molecule has 0 aromatic heterocycles. The highest BCUT2D eigenvalue weighted by Gasteiger charge is 2.22. The van der Waals surface area contributed by atoms with Crippen LogP contribution in [0.25, 0.3) is 0 Å². The minimum Gasteiger partial charge on any atom is -0.450 e. The molecule has 0 aromatic rings. The molecule has 0 aliphatic rings. The maximum Gasteiger partial charge on any atom is 0.407 e. The van der Waals surface area contributed by atoms with Crippen LogP contribution in [0.4, 0.5) is 4.79 Å². The van der Waals surface area contributed by atoms with Gasteiger partial charge in [-0.1, -0.05) is 0 Å². The molecule has 1 amide bonds. The maximum atomic E-state index is 11.5. The molecule has 0 saturated heterocycles. The van der Waals surface area contributed by atoms with E-state index in [1.807, 2.05) is 0 Å². The van der Waals surface area contributed by atoms with E-state index in [4.69, 9.17) is 4.74 Å². The predicted molar refractivity (Wildman–Crippen MR) is 79.3 cm³/mol. The summed E-state index contributed by atoms with van der Waals surface area (Å²) in [5.41, 5.74) is 0. The van der Waals surface area contributed by atoms with Gasteiger partial charge >= 0.3 is 6.09 Å². The fourth-order valence-corrected chi connectivity index (χ4v) is 1.80. The Morgan fingerprint density at radius 3 is 2.32 bits per heavy atom. The zero-order valence-corrected chi connectivity index (χ0v) is 13.8. The van der Waals surface area contributed by atoms with Gasteiger partial charge in [0.25, 0.3) is 10.2 Å². The van der Waals surface area contributed by atoms with E-state index >= 15 is 0 Å². The molecule has 3 atom stereocenters. The number of carbonyl (C=O) groups excluding carboxylic acids is 2. The summed E-state index contributed by atoms with van der Waals surface area (Å²) in [6, 6.07) is -1.08. The molecule has 25 heavy (non-hydrogen) atoms. The lowest BCUT2D eigenvalue weighted by molar-refractivity contribution is -0.790. The van der Waals surface area contributed by atoms with E-state index in [1.165, 1.54) is 13.8 Å². The number of nitrogens with zero attached hydrogens (tertiary/aromatic N) is 2. The molecule has 0 radical (unpaired) electrons. The van der Waals surface area contributed by atoms with Crippen molar-refractivity contribution in [2.45, 2.75) is 51.4 Å². The molecule has 0 fully saturated rings. The monoisotopic (exact) mass is 367 g/mol. The van der Waals surface area contributed by atoms with Crippen molar-refractivity contribution < 1.29 is 39.3 Å². The standard InChI is InChI=1S/C12H21N3O10/c1-8(16)11(9(2)17)13-12(18)23-6-4-3-5-10(25-15(21)22)7-24-14(19)20/h8,10-11,16H,3-7H2,1-2H3,(H,13,18). The number of unbranched alkanes of at least 4 members (excludes halogenated alkanes) is 1. The van der Waals surface area contributed by atoms with Gasteiger partial charge in [-0.05, 0) is 33.1 Å². The number of Topliss-reactive ketones (excluding diaryl/α,β-unsaturated/α-hetero) is 1. The van der Waals surface area contributed by atoms with Gasteiger partial charge in [-0.2, -0.15) is 0 Å². The molecule has 2 N–H and O–H groups in total. The van der Waals surface area contributed by atoms with Crippen LogP contribution in [-0.4, -0.2) is 58.6 Å². The summed E-state index contributed by atoms with van der Waals surface area (Å²) >= 11 is 0. The Hall–Kier alpha value is -2.70. The van der Waals surface area contributed by atoms with Crippen molar-refractivity contribution >= 4 is 11.9 Å². The highest BCUT2D eigenvalue weighted by atomic mass is 17.0. The summed E-state index contributed by atoms with van der Waals surface area (Å²) in [6.45, 7) is 1.90. The summed E-state index contributed by atoms with van der Waals surface area (Å²) in [7, 11) is 0. The number of rotatable bonds is 13. The average molecular weight is 367 g/mol. The topological polar surface area (TPSA) is 180 Å². The van der Waals surface area contributed by atoms with Gasteiger partial charge < -0.3 is 24.8 Å². The second-order valence-electron chi connectivity index (χ2n) is 5.08. The van der Waals surface area contributed by atoms with E-state index < -0.39 is 46.9 Å². The van der Waals surface area contributed by atoms with Gasteiger partial charge in [0.15, 0.2) is 5.78 Å². The van der Waals surface area contributed by atoms with Crippen LogP contribution in [0.15, 0.2) is 0 Å². The van der Waals surface area contributed by atoms with Gasteiger partial charge in [0, 0.05) is 0 Å². The van der Waals surface area contributed by atoms with Crippen molar-refractivity contribution in [3.8, 4) is 0 Å². The van der Waals surface area contributed by atoms with Crippen LogP contribution in [-0.2, 0) is 19.2 Å². The summed E-state index contributed by atoms with van der Waals surface area (Å²) in [4.78, 5) is 51.3. The van der Waals surface area contributed by atoms with Crippen molar-refractivity contribution in [1.82, 2.24) is 5.32 Å². The van der Waals surface area contributed by atoms with E-state index in [0.717, 1.165) is 0 Å². The molecule has 144 valence electrons. The molecule has 13 nitrogen and oxygen atoms in total. The van der Waals surface area contributed by atoms with Gasteiger partial charge in [-0.15, -0.1) is 20.2 Å². The third kappa shape index (κ3) is 11.5. The number of alkyl carbamates (subject to hydrolysis) is 1. The van der Waals surface area contributed by atoms with Crippen molar-refractivity contribution in [2.24, 2.45) is 0 Å². The maximum absolute atomic E-state index is 11.5. The number of carbonyl (C=O) groups is 2. The normalized spacial score (nSPS) is 13.9. The summed E-state index contributed by atoms with van der Waals surface area (Å²) in [6.07, 6.45) is -2.42. The Morgan fingerprint density at radius 2 is 1.84 bits per heavy atom. The lowest BCUT2D eigenvalue weighted by Gasteiger charge is -2.18. The van der Waals surface area contributed by atoms with Gasteiger partial charge in [0.1, 0.15) is 18.8 Å². The van der Waals surface area contributed by atoms with Crippen LogP contribution in [0.1, 0.15) is 33.1 Å². The second-order valence-corrected chi connectivity index (χ2v) is 5.08. The first kappa shape index (κ1) is 22.3. The van der Waals surface area contributed by atoms with Crippen LogP contribution in [0.5, 0.6) is 0 Å². The predicted octanol–water partition coefficient (Wildman–Crippen LogP) is 0.00650. The smallest absolute Gasteiger partial charge is 0.407 e. The molecular formula is C12H21N3O10. The molecule has 3 unspecified atom stereocenters. The van der Waals surface area contributed by atoms with Crippen LogP contribution in [0, 0.1) is 20.2 Å². The zero-order valence-electron chi connectivity index (χ0n) is 13.8. The lowest BCUT2D eigenvalue weighted by atomic mass is 10.1. The number of hydrogen-bond acceptors (Lipinski definition) is 10. The van der Waals surface area contributed by atoms with Gasteiger partial charge in [0.2, 0.25) is 0 Å². The fourth-order valence-electron chi connectivity index (χ4n) is 1.80. The molecular weight excluding hydrogens is 346 g/mol. The van der Waals surface area contributed by atoms with Crippen LogP contribution < -0.4 is 5.32 Å². The highest BCUT2D eigenvalue weighted by molar-refractivity contribution is 5.85. The average Bonchev–Trinajstić information content (AvgIpc) is 2.48. The Morgan fingerprint density at radius 1 is 1.20 bits per heavy atom. The number of amides is 1. The van der Waals surface area contributed by atoms with E-state index in [0.29, 0.717) is 12.8 Å². The summed E-state index contributed by atoms with van der Waals surface area (Å²) in [5.74, 6) is -0.433. The first-order valence-electron chi connectivity index (χ1n) is 7.33. The molecule has 0 aliphatic carbocycles. The minimum atomic E-state index is -1.12. The number of hydrogen-bond donors (Lipinski definition) is 2. The third-order valence-electron chi connectivity index (χ3n) is 2.95. The van der Waals surface area contributed by atoms with Gasteiger partial charge in [0.05, 0.1) is 12.7 Å². The molecule has 13 heteroatoms. The number of ether oxygens (including phenoxy) is 1. The number of aliphatic hydroxyl groups is 1. The first-order chi connectivity index (χ1) is 11.6. The second kappa shape index (κ2) is 11.8. The van der Waals surface area contributed by atoms with Crippen molar-refractivity contribution in [2.75, 3.05) is 13.2 Å². The fraction of sp³-hybridized carbons (Fsp3) is 0.833. The van der Waals surface area contributed by atoms with E-state index in [-0.39, 0.29) is 13.0 Å². The number of aliphatic hydroxyl groups excluding tert-OH is 1. The number of ketones is 1. The highest BCUT2D eigenvalue weighted by Crippen LogP contribution is 2.07. The van der Waals surface area contributed by atoms with Crippen molar-refractivity contribution in [1.29, 1.82) is 0 Å². The van der Waals surface area contributed by atoms with Crippen LogP contribution in [0.2, 0.25) is 0 Å². The largest absolute Gasteiger partial charge is 0.450 e. The van der Waals surface area contributed by atoms with Crippen molar-refractivity contribution in [3.63, 3.8) is 0 Å². The van der Waals surface area contributed by atoms with Crippen LogP contribution in [0.3, 0.4) is 0 Å². The molecule has 0 aromatic carbocycles. The molecule has 0 bridgehead atoms. The molecule has 0 spiro atoms. The zero-order chi connectivity index (χ0) is 19.4. The van der Waals surface area contributed by atoms with E-state index in [2.05, 4.69) is 15.0 Å². The molecule has 0 rings (SSSR count). The van der Waals surface area contributed by atoms with Crippen LogP contribution >= 0.6 is 0 Å². The Kier molecular flexibility index (Phi) is 10.5. The van der Waals surface area contributed by atoms with E-state index in [1.54, 1.807) is 0 Å². The Bertz CT molecular complexity index is 470. The van der Waals surface area contributed by atoms with E-state index in [9.17, 15) is 34.9 Å². The Labute approximate surface area is 142 Å². The van der Waals surface area contributed by atoms with Gasteiger partial charge in [-0.25, -0.2) is 4.79 Å². The Balaban J connectivity index is 4.07. The van der Waals surface area contributed by atoms with Crippen molar-refractivity contribution in [3.05, 3.63) is 20.2 Å². The lowest BCUT2D eigenvalue weighted by Crippen LogP contribution is -2.47. The summed E-state index contributed by atoms with van der Waals surface area (Å²) < 4.78 is 4.81. The quantitative estimate of drug-likeness (QED) is 0.255. The molecule has 0 heterocycles. The molecule has 0 aliphatic heterocycles. The summed E-state index contributed by atoms with van der Waals surface area (Å²) in [5, 5.41) is 29.7. The van der Waals surface area contributed by atoms with Gasteiger partial charge in [-0.3, -0.25) is 4.79 Å². The number of nitrogens with one attached hydrogen (secondary N) is 1. The minimum absolute atomic E-state index is 0.0580. The first-order valence-corrected chi connectivity index (χ1v) is 7.33. The third-order valence-corrected chi connectivity index (χ3v) is 2.95. The SMILES string of the molecule is CC(=O)C(NC(=O)OCCCCC(CO[N+](=O)[O-])O[N+](=O)[O-])C(C)O. The molecule has 0 saturated carbocycles.